The smallest absolute Gasteiger partial charge is 0.254 e. The van der Waals surface area contributed by atoms with Crippen LogP contribution in [0.2, 0.25) is 0 Å². The predicted molar refractivity (Wildman–Crippen MR) is 80.2 cm³/mol. The molecule has 1 amide bonds. The first-order chi connectivity index (χ1) is 10.3. The van der Waals surface area contributed by atoms with Crippen LogP contribution in [0.4, 0.5) is 5.82 Å². The highest BCUT2D eigenvalue weighted by atomic mass is 32.1. The van der Waals surface area contributed by atoms with E-state index in [1.54, 1.807) is 16.0 Å². The Labute approximate surface area is 126 Å². The van der Waals surface area contributed by atoms with Gasteiger partial charge in [0.2, 0.25) is 0 Å². The molecule has 1 aliphatic heterocycles. The molecule has 1 aliphatic rings. The summed E-state index contributed by atoms with van der Waals surface area (Å²) in [6.45, 7) is 0.940. The number of hydrogen-bond donors (Lipinski definition) is 2. The van der Waals surface area contributed by atoms with Gasteiger partial charge in [0.05, 0.1) is 18.0 Å². The fraction of sp³-hybridized carbons (Fsp3) is 0.429. The summed E-state index contributed by atoms with van der Waals surface area (Å²) in [7, 11) is 0. The number of hydrogen-bond acceptors (Lipinski definition) is 5. The van der Waals surface area contributed by atoms with Crippen molar-refractivity contribution in [2.24, 2.45) is 0 Å². The number of rotatable bonds is 5. The molecule has 3 heterocycles. The van der Waals surface area contributed by atoms with Crippen LogP contribution in [0.3, 0.4) is 0 Å². The van der Waals surface area contributed by atoms with Gasteiger partial charge in [-0.3, -0.25) is 4.79 Å². The minimum Gasteiger partial charge on any atom is -0.394 e. The number of amides is 1. The lowest BCUT2D eigenvalue weighted by Gasteiger charge is -2.11. The van der Waals surface area contributed by atoms with E-state index in [0.717, 1.165) is 23.4 Å². The molecule has 112 valence electrons. The summed E-state index contributed by atoms with van der Waals surface area (Å²) in [5.41, 5.74) is 0.793. The first kappa shape index (κ1) is 14.2. The Balaban J connectivity index is 1.80. The number of anilines is 1. The van der Waals surface area contributed by atoms with Crippen LogP contribution in [0.5, 0.6) is 0 Å². The second-order valence-electron chi connectivity index (χ2n) is 4.83. The van der Waals surface area contributed by atoms with Crippen molar-refractivity contribution in [2.75, 3.05) is 18.5 Å². The maximum absolute atomic E-state index is 12.1. The second-order valence-corrected chi connectivity index (χ2v) is 5.78. The Morgan fingerprint density at radius 3 is 3.19 bits per heavy atom. The van der Waals surface area contributed by atoms with Crippen molar-refractivity contribution in [1.29, 1.82) is 0 Å². The predicted octanol–water partition coefficient (Wildman–Crippen LogP) is 1.72. The molecule has 0 bridgehead atoms. The molecule has 1 unspecified atom stereocenters. The standard InChI is InChI=1S/C14H17N3O3S/c18-6-5-17-13(15-14(19)11-3-1-7-20-11)9-10(16-17)12-4-2-8-21-12/h2,4,8-9,11,18H,1,3,5-7H2,(H,15,19). The number of aromatic nitrogens is 2. The van der Waals surface area contributed by atoms with E-state index >= 15 is 0 Å². The zero-order chi connectivity index (χ0) is 14.7. The van der Waals surface area contributed by atoms with Crippen LogP contribution in [0, 0.1) is 0 Å². The fourth-order valence-corrected chi connectivity index (χ4v) is 3.00. The third kappa shape index (κ3) is 3.15. The molecular formula is C14H17N3O3S. The van der Waals surface area contributed by atoms with E-state index < -0.39 is 0 Å². The van der Waals surface area contributed by atoms with E-state index in [4.69, 9.17) is 9.84 Å². The van der Waals surface area contributed by atoms with Crippen molar-refractivity contribution in [2.45, 2.75) is 25.5 Å². The lowest BCUT2D eigenvalue weighted by molar-refractivity contribution is -0.124. The molecule has 2 aromatic rings. The van der Waals surface area contributed by atoms with E-state index in [-0.39, 0.29) is 18.6 Å². The summed E-state index contributed by atoms with van der Waals surface area (Å²) in [6, 6.07) is 5.76. The van der Waals surface area contributed by atoms with Crippen LogP contribution in [0.25, 0.3) is 10.6 Å². The molecular weight excluding hydrogens is 290 g/mol. The molecule has 3 rings (SSSR count). The molecule has 0 aromatic carbocycles. The minimum atomic E-state index is -0.382. The highest BCUT2D eigenvalue weighted by Crippen LogP contribution is 2.26. The Morgan fingerprint density at radius 2 is 2.52 bits per heavy atom. The monoisotopic (exact) mass is 307 g/mol. The number of nitrogens with zero attached hydrogens (tertiary/aromatic N) is 2. The van der Waals surface area contributed by atoms with E-state index in [1.807, 2.05) is 23.6 Å². The fourth-order valence-electron chi connectivity index (χ4n) is 2.32. The summed E-state index contributed by atoms with van der Waals surface area (Å²) in [6.07, 6.45) is 1.28. The van der Waals surface area contributed by atoms with Crippen molar-refractivity contribution in [1.82, 2.24) is 9.78 Å². The van der Waals surface area contributed by atoms with Crippen molar-refractivity contribution in [3.8, 4) is 10.6 Å². The molecule has 1 atom stereocenters. The molecule has 0 saturated carbocycles. The summed E-state index contributed by atoms with van der Waals surface area (Å²) in [5.74, 6) is 0.442. The number of carbonyl (C=O) groups excluding carboxylic acids is 1. The van der Waals surface area contributed by atoms with Crippen LogP contribution in [0.1, 0.15) is 12.8 Å². The van der Waals surface area contributed by atoms with Crippen molar-refractivity contribution < 1.29 is 14.6 Å². The largest absolute Gasteiger partial charge is 0.394 e. The third-order valence-corrected chi connectivity index (χ3v) is 4.23. The van der Waals surface area contributed by atoms with Gasteiger partial charge < -0.3 is 15.2 Å². The van der Waals surface area contributed by atoms with Crippen LogP contribution in [-0.2, 0) is 16.1 Å². The van der Waals surface area contributed by atoms with Gasteiger partial charge in [-0.1, -0.05) is 6.07 Å². The Kier molecular flexibility index (Phi) is 4.33. The van der Waals surface area contributed by atoms with Gasteiger partial charge in [0, 0.05) is 12.7 Å². The number of ether oxygens (including phenoxy) is 1. The van der Waals surface area contributed by atoms with Gasteiger partial charge in [-0.2, -0.15) is 5.10 Å². The summed E-state index contributed by atoms with van der Waals surface area (Å²) < 4.78 is 6.99. The Hall–Kier alpha value is -1.70. The first-order valence-electron chi connectivity index (χ1n) is 6.93. The summed E-state index contributed by atoms with van der Waals surface area (Å²) in [4.78, 5) is 13.2. The van der Waals surface area contributed by atoms with Crippen molar-refractivity contribution in [3.63, 3.8) is 0 Å². The highest BCUT2D eigenvalue weighted by Gasteiger charge is 2.24. The average Bonchev–Trinajstić information content (AvgIpc) is 3.21. The number of aliphatic hydroxyl groups is 1. The van der Waals surface area contributed by atoms with Crippen molar-refractivity contribution in [3.05, 3.63) is 23.6 Å². The van der Waals surface area contributed by atoms with Crippen LogP contribution < -0.4 is 5.32 Å². The van der Waals surface area contributed by atoms with Gasteiger partial charge in [-0.25, -0.2) is 4.68 Å². The maximum Gasteiger partial charge on any atom is 0.254 e. The number of carbonyl (C=O) groups is 1. The van der Waals surface area contributed by atoms with E-state index in [1.165, 1.54) is 0 Å². The second kappa shape index (κ2) is 6.38. The average molecular weight is 307 g/mol. The van der Waals surface area contributed by atoms with Gasteiger partial charge in [0.15, 0.2) is 0 Å². The van der Waals surface area contributed by atoms with Crippen LogP contribution >= 0.6 is 11.3 Å². The lowest BCUT2D eigenvalue weighted by atomic mass is 10.2. The molecule has 0 spiro atoms. The van der Waals surface area contributed by atoms with E-state index in [2.05, 4.69) is 10.4 Å². The van der Waals surface area contributed by atoms with Crippen molar-refractivity contribution >= 4 is 23.1 Å². The summed E-state index contributed by atoms with van der Waals surface area (Å²) >= 11 is 1.58. The molecule has 7 heteroatoms. The quantitative estimate of drug-likeness (QED) is 0.882. The van der Waals surface area contributed by atoms with Gasteiger partial charge in [-0.15, -0.1) is 11.3 Å². The van der Waals surface area contributed by atoms with Gasteiger partial charge in [0.25, 0.3) is 5.91 Å². The Bertz CT molecular complexity index is 603. The van der Waals surface area contributed by atoms with Gasteiger partial charge >= 0.3 is 0 Å². The molecule has 21 heavy (non-hydrogen) atoms. The molecule has 2 aromatic heterocycles. The van der Waals surface area contributed by atoms with Gasteiger partial charge in [-0.05, 0) is 24.3 Å². The first-order valence-corrected chi connectivity index (χ1v) is 7.81. The SMILES string of the molecule is O=C(Nc1cc(-c2cccs2)nn1CCO)C1CCCO1. The third-order valence-electron chi connectivity index (χ3n) is 3.34. The molecule has 2 N–H and O–H groups in total. The highest BCUT2D eigenvalue weighted by molar-refractivity contribution is 7.13. The summed E-state index contributed by atoms with van der Waals surface area (Å²) in [5, 5.41) is 18.4. The lowest BCUT2D eigenvalue weighted by Crippen LogP contribution is -2.28. The van der Waals surface area contributed by atoms with E-state index in [9.17, 15) is 4.79 Å². The maximum atomic E-state index is 12.1. The van der Waals surface area contributed by atoms with Gasteiger partial charge in [0.1, 0.15) is 17.6 Å². The minimum absolute atomic E-state index is 0.0334. The molecule has 0 radical (unpaired) electrons. The zero-order valence-electron chi connectivity index (χ0n) is 11.5. The Morgan fingerprint density at radius 1 is 1.62 bits per heavy atom. The molecule has 0 aliphatic carbocycles. The molecule has 1 fully saturated rings. The normalized spacial score (nSPS) is 18.0. The van der Waals surface area contributed by atoms with Crippen LogP contribution in [-0.4, -0.2) is 40.1 Å². The number of nitrogens with one attached hydrogen (secondary N) is 1. The van der Waals surface area contributed by atoms with E-state index in [0.29, 0.717) is 19.0 Å². The number of aliphatic hydroxyl groups excluding tert-OH is 1. The molecule has 1 saturated heterocycles. The number of thiophene rings is 1. The molecule has 6 nitrogen and oxygen atoms in total. The zero-order valence-corrected chi connectivity index (χ0v) is 12.3. The van der Waals surface area contributed by atoms with Crippen LogP contribution in [0.15, 0.2) is 23.6 Å². The topological polar surface area (TPSA) is 76.4 Å².